The predicted molar refractivity (Wildman–Crippen MR) is 49.3 cm³/mol. The van der Waals surface area contributed by atoms with E-state index in [9.17, 15) is 9.50 Å². The SMILES string of the molecule is OC1(CN[C@@H]2CCC[C@H]2F)CCC1. The van der Waals surface area contributed by atoms with Crippen LogP contribution >= 0.6 is 0 Å². The first-order valence-corrected chi connectivity index (χ1v) is 5.29. The Labute approximate surface area is 78.5 Å². The second kappa shape index (κ2) is 3.54. The highest BCUT2D eigenvalue weighted by atomic mass is 19.1. The van der Waals surface area contributed by atoms with Crippen molar-refractivity contribution in [2.45, 2.75) is 56.3 Å². The van der Waals surface area contributed by atoms with Crippen LogP contribution in [-0.4, -0.2) is 29.5 Å². The monoisotopic (exact) mass is 187 g/mol. The third-order valence-electron chi connectivity index (χ3n) is 3.41. The summed E-state index contributed by atoms with van der Waals surface area (Å²) in [5.41, 5.74) is -0.512. The predicted octanol–water partition coefficient (Wildman–Crippen LogP) is 1.38. The lowest BCUT2D eigenvalue weighted by Crippen LogP contribution is -2.49. The third kappa shape index (κ3) is 2.02. The van der Waals surface area contributed by atoms with Crippen molar-refractivity contribution in [3.8, 4) is 0 Å². The molecule has 0 bridgehead atoms. The van der Waals surface area contributed by atoms with Gasteiger partial charge < -0.3 is 10.4 Å². The fourth-order valence-electron chi connectivity index (χ4n) is 2.23. The number of nitrogens with one attached hydrogen (secondary N) is 1. The molecular formula is C10H18FNO. The number of alkyl halides is 1. The Morgan fingerprint density at radius 3 is 2.54 bits per heavy atom. The molecule has 2 rings (SSSR count). The van der Waals surface area contributed by atoms with E-state index in [1.54, 1.807) is 0 Å². The van der Waals surface area contributed by atoms with Crippen LogP contribution < -0.4 is 5.32 Å². The van der Waals surface area contributed by atoms with Gasteiger partial charge in [0.2, 0.25) is 0 Å². The second-order valence-corrected chi connectivity index (χ2v) is 4.51. The molecule has 0 aromatic carbocycles. The first-order valence-electron chi connectivity index (χ1n) is 5.29. The van der Waals surface area contributed by atoms with Crippen molar-refractivity contribution in [2.24, 2.45) is 0 Å². The molecule has 0 radical (unpaired) electrons. The van der Waals surface area contributed by atoms with Gasteiger partial charge in [-0.1, -0.05) is 0 Å². The van der Waals surface area contributed by atoms with E-state index >= 15 is 0 Å². The van der Waals surface area contributed by atoms with Gasteiger partial charge in [-0.3, -0.25) is 0 Å². The van der Waals surface area contributed by atoms with Gasteiger partial charge in [0.05, 0.1) is 5.60 Å². The molecule has 2 N–H and O–H groups in total. The minimum absolute atomic E-state index is 0.00428. The van der Waals surface area contributed by atoms with E-state index < -0.39 is 11.8 Å². The van der Waals surface area contributed by atoms with Crippen LogP contribution in [-0.2, 0) is 0 Å². The van der Waals surface area contributed by atoms with Gasteiger partial charge in [0.25, 0.3) is 0 Å². The van der Waals surface area contributed by atoms with E-state index in [0.29, 0.717) is 13.0 Å². The Bertz CT molecular complexity index is 182. The van der Waals surface area contributed by atoms with Crippen LogP contribution in [0, 0.1) is 0 Å². The van der Waals surface area contributed by atoms with Crippen molar-refractivity contribution in [3.05, 3.63) is 0 Å². The van der Waals surface area contributed by atoms with Gasteiger partial charge >= 0.3 is 0 Å². The van der Waals surface area contributed by atoms with E-state index in [-0.39, 0.29) is 6.04 Å². The zero-order valence-corrected chi connectivity index (χ0v) is 7.93. The fraction of sp³-hybridized carbons (Fsp3) is 1.00. The molecule has 0 aromatic heterocycles. The average Bonchev–Trinajstić information content (AvgIpc) is 2.44. The van der Waals surface area contributed by atoms with Crippen LogP contribution in [0.15, 0.2) is 0 Å². The molecule has 0 heterocycles. The smallest absolute Gasteiger partial charge is 0.115 e. The molecule has 3 heteroatoms. The van der Waals surface area contributed by atoms with Gasteiger partial charge in [0.1, 0.15) is 6.17 Å². The summed E-state index contributed by atoms with van der Waals surface area (Å²) in [5.74, 6) is 0. The number of aliphatic hydroxyl groups is 1. The van der Waals surface area contributed by atoms with E-state index in [2.05, 4.69) is 5.32 Å². The van der Waals surface area contributed by atoms with Gasteiger partial charge in [0, 0.05) is 12.6 Å². The van der Waals surface area contributed by atoms with Crippen LogP contribution in [0.2, 0.25) is 0 Å². The van der Waals surface area contributed by atoms with E-state index in [1.165, 1.54) is 0 Å². The Kier molecular flexibility index (Phi) is 2.56. The highest BCUT2D eigenvalue weighted by Crippen LogP contribution is 2.31. The van der Waals surface area contributed by atoms with Crippen LogP contribution in [0.25, 0.3) is 0 Å². The van der Waals surface area contributed by atoms with E-state index in [1.807, 2.05) is 0 Å². The van der Waals surface area contributed by atoms with Gasteiger partial charge in [-0.15, -0.1) is 0 Å². The van der Waals surface area contributed by atoms with Crippen molar-refractivity contribution >= 4 is 0 Å². The van der Waals surface area contributed by atoms with Crippen molar-refractivity contribution < 1.29 is 9.50 Å². The molecule has 0 unspecified atom stereocenters. The maximum Gasteiger partial charge on any atom is 0.115 e. The fourth-order valence-corrected chi connectivity index (χ4v) is 2.23. The molecule has 0 saturated heterocycles. The van der Waals surface area contributed by atoms with Gasteiger partial charge in [-0.2, -0.15) is 0 Å². The molecule has 0 amide bonds. The maximum atomic E-state index is 13.1. The molecule has 13 heavy (non-hydrogen) atoms. The third-order valence-corrected chi connectivity index (χ3v) is 3.41. The molecule has 2 saturated carbocycles. The Morgan fingerprint density at radius 1 is 1.31 bits per heavy atom. The standard InChI is InChI=1S/C10H18FNO/c11-8-3-1-4-9(8)12-7-10(13)5-2-6-10/h8-9,12-13H,1-7H2/t8-,9-/m1/s1. The molecule has 2 aliphatic rings. The Morgan fingerprint density at radius 2 is 2.08 bits per heavy atom. The zero-order valence-electron chi connectivity index (χ0n) is 7.93. The molecule has 0 aliphatic heterocycles. The number of hydrogen-bond donors (Lipinski definition) is 2. The largest absolute Gasteiger partial charge is 0.389 e. The van der Waals surface area contributed by atoms with Crippen molar-refractivity contribution in [2.75, 3.05) is 6.54 Å². The summed E-state index contributed by atoms with van der Waals surface area (Å²) >= 11 is 0. The summed E-state index contributed by atoms with van der Waals surface area (Å²) in [6, 6.07) is 0.00428. The summed E-state index contributed by atoms with van der Waals surface area (Å²) < 4.78 is 13.1. The first kappa shape index (κ1) is 9.41. The van der Waals surface area contributed by atoms with Crippen molar-refractivity contribution in [1.82, 2.24) is 5.32 Å². The lowest BCUT2D eigenvalue weighted by molar-refractivity contribution is -0.0343. The number of hydrogen-bond acceptors (Lipinski definition) is 2. The summed E-state index contributed by atoms with van der Waals surface area (Å²) in [5, 5.41) is 12.9. The van der Waals surface area contributed by atoms with E-state index in [4.69, 9.17) is 0 Å². The lowest BCUT2D eigenvalue weighted by Gasteiger charge is -2.37. The summed E-state index contributed by atoms with van der Waals surface area (Å²) in [6.45, 7) is 0.581. The molecule has 2 atom stereocenters. The molecular weight excluding hydrogens is 169 g/mol. The van der Waals surface area contributed by atoms with Crippen LogP contribution in [0.1, 0.15) is 38.5 Å². The van der Waals surface area contributed by atoms with Gasteiger partial charge in [0.15, 0.2) is 0 Å². The second-order valence-electron chi connectivity index (χ2n) is 4.51. The first-order chi connectivity index (χ1) is 6.20. The molecule has 0 aromatic rings. The molecule has 2 aliphatic carbocycles. The summed E-state index contributed by atoms with van der Waals surface area (Å²) in [6.07, 6.45) is 4.78. The van der Waals surface area contributed by atoms with Gasteiger partial charge in [-0.05, 0) is 38.5 Å². The lowest BCUT2D eigenvalue weighted by atomic mass is 9.80. The van der Waals surface area contributed by atoms with E-state index in [0.717, 1.165) is 32.1 Å². The highest BCUT2D eigenvalue weighted by molar-refractivity contribution is 4.92. The molecule has 0 spiro atoms. The maximum absolute atomic E-state index is 13.1. The van der Waals surface area contributed by atoms with Crippen molar-refractivity contribution in [3.63, 3.8) is 0 Å². The van der Waals surface area contributed by atoms with Crippen LogP contribution in [0.4, 0.5) is 4.39 Å². The number of rotatable bonds is 3. The quantitative estimate of drug-likeness (QED) is 0.699. The number of halogens is 1. The topological polar surface area (TPSA) is 32.3 Å². The summed E-state index contributed by atoms with van der Waals surface area (Å²) in [7, 11) is 0. The zero-order chi connectivity index (χ0) is 9.31. The van der Waals surface area contributed by atoms with Crippen LogP contribution in [0.3, 0.4) is 0 Å². The summed E-state index contributed by atoms with van der Waals surface area (Å²) in [4.78, 5) is 0. The van der Waals surface area contributed by atoms with Crippen LogP contribution in [0.5, 0.6) is 0 Å². The van der Waals surface area contributed by atoms with Gasteiger partial charge in [-0.25, -0.2) is 4.39 Å². The molecule has 2 nitrogen and oxygen atoms in total. The van der Waals surface area contributed by atoms with Crippen molar-refractivity contribution in [1.29, 1.82) is 0 Å². The Balaban J connectivity index is 1.72. The average molecular weight is 187 g/mol. The molecule has 2 fully saturated rings. The minimum atomic E-state index is -0.691. The Hall–Kier alpha value is -0.150. The normalized spacial score (nSPS) is 37.4. The highest BCUT2D eigenvalue weighted by Gasteiger charge is 2.36. The molecule has 76 valence electrons. The minimum Gasteiger partial charge on any atom is -0.389 e.